The fraction of sp³-hybridized carbons (Fsp3) is 0.727. The molecule has 0 aromatic carbocycles. The lowest BCUT2D eigenvalue weighted by molar-refractivity contribution is -0.562. The van der Waals surface area contributed by atoms with Crippen LogP contribution in [-0.2, 0) is 19.9 Å². The molecule has 0 saturated heterocycles. The Hall–Kier alpha value is -2.15. The van der Waals surface area contributed by atoms with Crippen molar-refractivity contribution < 1.29 is 99.8 Å². The van der Waals surface area contributed by atoms with E-state index in [1.54, 1.807) is 0 Å². The van der Waals surface area contributed by atoms with Crippen molar-refractivity contribution in [2.45, 2.75) is 51.7 Å². The van der Waals surface area contributed by atoms with E-state index >= 15 is 0 Å². The molecule has 37 heavy (non-hydrogen) atoms. The van der Waals surface area contributed by atoms with Gasteiger partial charge < -0.3 is 0 Å². The number of rotatable bonds is 8. The molecule has 0 aliphatic heterocycles. The maximum atomic E-state index is 13.9. The van der Waals surface area contributed by atoms with Gasteiger partial charge in [0.2, 0.25) is 0 Å². The van der Waals surface area contributed by atoms with E-state index < -0.39 is 87.9 Å². The molecule has 0 bridgehead atoms. The number of alkyl halides is 18. The van der Waals surface area contributed by atoms with Gasteiger partial charge in [-0.2, -0.15) is 87.4 Å². The largest absolute Gasteiger partial charge is 0.460 e. The van der Waals surface area contributed by atoms with Gasteiger partial charge in [0.15, 0.2) is 0 Å². The number of hydrogen-bond donors (Lipinski definition) is 1. The summed E-state index contributed by atoms with van der Waals surface area (Å²) in [6.45, 7) is 0. The number of hydrogen-bond acceptors (Lipinski definition) is 4. The van der Waals surface area contributed by atoms with Crippen molar-refractivity contribution in [3.05, 3.63) is 12.4 Å². The van der Waals surface area contributed by atoms with Crippen LogP contribution in [0.4, 0.5) is 79.0 Å². The summed E-state index contributed by atoms with van der Waals surface area (Å²) in [6, 6.07) is 0. The van der Waals surface area contributed by atoms with Crippen LogP contribution in [0.15, 0.2) is 17.6 Å². The first kappa shape index (κ1) is 32.9. The molecule has 1 N–H and O–H groups in total. The molecule has 0 aliphatic carbocycles. The molecule has 1 rings (SSSR count). The topological polar surface area (TPSA) is 87.9 Å². The lowest BCUT2D eigenvalue weighted by atomic mass is 10.1. The van der Waals surface area contributed by atoms with Crippen LogP contribution in [0, 0.1) is 0 Å². The van der Waals surface area contributed by atoms with Gasteiger partial charge in [-0.3, -0.25) is 0 Å². The number of sulfone groups is 1. The molecule has 0 unspecified atom stereocenters. The number of aromatic nitrogens is 2. The highest BCUT2D eigenvalue weighted by Gasteiger charge is 2.88. The molecular weight excluding hydrogens is 630 g/mol. The molecule has 1 heterocycles. The molecule has 1 aromatic heterocycles. The van der Waals surface area contributed by atoms with Crippen LogP contribution < -0.4 is 3.97 Å². The Kier molecular flexibility index (Phi) is 7.26. The molecule has 1 aromatic rings. The van der Waals surface area contributed by atoms with Crippen LogP contribution in [0.2, 0.25) is 0 Å². The van der Waals surface area contributed by atoms with E-state index in [2.05, 4.69) is 0 Å². The zero-order valence-corrected chi connectivity index (χ0v) is 17.5. The minimum Gasteiger partial charge on any atom is -0.232 e. The summed E-state index contributed by atoms with van der Waals surface area (Å²) in [7, 11) is -16.4. The maximum absolute atomic E-state index is 13.9. The van der Waals surface area contributed by atoms with E-state index in [9.17, 15) is 95.9 Å². The third-order valence-corrected chi connectivity index (χ3v) is 7.62. The predicted octanol–water partition coefficient (Wildman–Crippen LogP) is 4.11. The summed E-state index contributed by atoms with van der Waals surface area (Å²) < 4.78 is 278. The standard InChI is InChI=1S/C11H2F18N2O4S2/c12-4(13,8(20,21)22)6(16,17)10(26,27)36(32,33)3-30-1-2-31(3)37(34,35)11(28,29)7(18,19)5(14,15)9(23,24)25/h1-2H/p+1. The summed E-state index contributed by atoms with van der Waals surface area (Å²) in [4.78, 5) is 0.481. The Labute approximate surface area is 189 Å². The number of nitrogens with one attached hydrogen (secondary N) is 1. The average molecular weight is 633 g/mol. The van der Waals surface area contributed by atoms with E-state index in [1.807, 2.05) is 0 Å². The van der Waals surface area contributed by atoms with Crippen LogP contribution in [0.25, 0.3) is 0 Å². The highest BCUT2D eigenvalue weighted by Crippen LogP contribution is 2.56. The number of imidazole rings is 1. The van der Waals surface area contributed by atoms with Crippen LogP contribution in [0.3, 0.4) is 0 Å². The quantitative estimate of drug-likeness (QED) is 0.345. The Balaban J connectivity index is 3.94. The highest BCUT2D eigenvalue weighted by atomic mass is 32.2. The number of nitrogens with zero attached hydrogens (tertiary/aromatic N) is 1. The van der Waals surface area contributed by atoms with Gasteiger partial charge in [-0.25, -0.2) is 13.4 Å². The first-order valence-electron chi connectivity index (χ1n) is 7.72. The Morgan fingerprint density at radius 3 is 1.19 bits per heavy atom. The normalized spacial score (nSPS) is 16.3. The second-order valence-corrected chi connectivity index (χ2v) is 10.2. The Morgan fingerprint density at radius 1 is 0.541 bits per heavy atom. The zero-order chi connectivity index (χ0) is 30.3. The zero-order valence-electron chi connectivity index (χ0n) is 15.9. The number of aromatic amines is 1. The molecular formula is C11H3F18N2O4S2+. The lowest BCUT2D eigenvalue weighted by Gasteiger charge is -2.33. The summed E-state index contributed by atoms with van der Waals surface area (Å²) in [5.41, 5.74) is 0. The van der Waals surface area contributed by atoms with Gasteiger partial charge in [0.05, 0.1) is 0 Å². The molecule has 26 heteroatoms. The van der Waals surface area contributed by atoms with Gasteiger partial charge in [-0.1, -0.05) is 0 Å². The summed E-state index contributed by atoms with van der Waals surface area (Å²) >= 11 is 0. The fourth-order valence-electron chi connectivity index (χ4n) is 1.99. The second-order valence-electron chi connectivity index (χ2n) is 6.40. The fourth-order valence-corrected chi connectivity index (χ4v) is 5.00. The van der Waals surface area contributed by atoms with Gasteiger partial charge >= 0.3 is 71.6 Å². The minimum absolute atomic E-state index is 0.481. The van der Waals surface area contributed by atoms with Crippen molar-refractivity contribution in [2.24, 2.45) is 0 Å². The SMILES string of the molecule is O=S(=O)(c1[nH]cc[n+]1S(=O)(=O)C(F)(F)C(F)(F)C(F)(F)C(F)(F)F)C(F)(F)C(F)(F)C(F)(F)C(F)(F)F. The maximum Gasteiger partial charge on any atom is 0.460 e. The van der Waals surface area contributed by atoms with Crippen LogP contribution >= 0.6 is 0 Å². The summed E-state index contributed by atoms with van der Waals surface area (Å²) in [5, 5.41) is -19.3. The van der Waals surface area contributed by atoms with Crippen LogP contribution in [0.5, 0.6) is 0 Å². The van der Waals surface area contributed by atoms with Gasteiger partial charge in [0.1, 0.15) is 12.4 Å². The lowest BCUT2D eigenvalue weighted by Crippen LogP contribution is -2.69. The first-order chi connectivity index (χ1) is 15.7. The Bertz CT molecular complexity index is 1150. The van der Waals surface area contributed by atoms with Gasteiger partial charge in [0.25, 0.3) is 0 Å². The highest BCUT2D eigenvalue weighted by molar-refractivity contribution is 7.92. The number of halogens is 18. The molecule has 0 atom stereocenters. The van der Waals surface area contributed by atoms with Crippen molar-refractivity contribution in [3.8, 4) is 0 Å². The number of H-pyrrole nitrogens is 1. The monoisotopic (exact) mass is 633 g/mol. The van der Waals surface area contributed by atoms with Crippen molar-refractivity contribution in [1.82, 2.24) is 4.98 Å². The average Bonchev–Trinajstić information content (AvgIpc) is 3.16. The molecule has 0 saturated carbocycles. The third kappa shape index (κ3) is 4.07. The van der Waals surface area contributed by atoms with Crippen molar-refractivity contribution in [3.63, 3.8) is 0 Å². The third-order valence-electron chi connectivity index (χ3n) is 4.02. The first-order valence-corrected chi connectivity index (χ1v) is 10.6. The van der Waals surface area contributed by atoms with Crippen molar-refractivity contribution >= 4 is 19.9 Å². The van der Waals surface area contributed by atoms with Gasteiger partial charge in [0, 0.05) is 0 Å². The van der Waals surface area contributed by atoms with Crippen molar-refractivity contribution in [2.75, 3.05) is 0 Å². The summed E-state index contributed by atoms with van der Waals surface area (Å²) in [6.07, 6.45) is -16.9. The van der Waals surface area contributed by atoms with Gasteiger partial charge in [-0.15, -0.1) is 3.97 Å². The molecule has 0 radical (unpaired) electrons. The predicted molar refractivity (Wildman–Crippen MR) is 74.3 cm³/mol. The Morgan fingerprint density at radius 2 is 0.865 bits per heavy atom. The molecule has 0 amide bonds. The van der Waals surface area contributed by atoms with Gasteiger partial charge in [-0.05, 0) is 0 Å². The van der Waals surface area contributed by atoms with Crippen LogP contribution in [0.1, 0.15) is 0 Å². The smallest absolute Gasteiger partial charge is 0.232 e. The minimum atomic E-state index is -8.22. The molecule has 6 nitrogen and oxygen atoms in total. The molecule has 0 aliphatic rings. The summed E-state index contributed by atoms with van der Waals surface area (Å²) in [5.74, 6) is -32.2. The van der Waals surface area contributed by atoms with E-state index in [0.29, 0.717) is 4.98 Å². The van der Waals surface area contributed by atoms with E-state index in [1.165, 1.54) is 0 Å². The van der Waals surface area contributed by atoms with E-state index in [0.717, 1.165) is 0 Å². The van der Waals surface area contributed by atoms with Crippen molar-refractivity contribution in [1.29, 1.82) is 0 Å². The molecule has 0 fully saturated rings. The van der Waals surface area contributed by atoms with Crippen LogP contribution in [-0.4, -0.2) is 68.4 Å². The van der Waals surface area contributed by atoms with E-state index in [-0.39, 0.29) is 0 Å². The van der Waals surface area contributed by atoms with E-state index in [4.69, 9.17) is 0 Å². The molecule has 0 spiro atoms. The second kappa shape index (κ2) is 8.17. The molecule has 218 valence electrons.